The van der Waals surface area contributed by atoms with E-state index < -0.39 is 12.0 Å². The van der Waals surface area contributed by atoms with Gasteiger partial charge < -0.3 is 14.9 Å². The molecule has 1 atom stereocenters. The number of aromatic nitrogens is 1. The monoisotopic (exact) mass is 326 g/mol. The number of thiophene rings is 1. The number of aliphatic carboxylic acids is 1. The van der Waals surface area contributed by atoms with Gasteiger partial charge in [0.1, 0.15) is 6.04 Å². The first-order chi connectivity index (χ1) is 10.1. The summed E-state index contributed by atoms with van der Waals surface area (Å²) in [5.41, 5.74) is 0.746. The number of thioether (sulfide) groups is 1. The highest BCUT2D eigenvalue weighted by Gasteiger charge is 2.18. The Bertz CT molecular complexity index is 609. The van der Waals surface area contributed by atoms with E-state index in [9.17, 15) is 9.59 Å². The Labute approximate surface area is 129 Å². The first-order valence-electron chi connectivity index (χ1n) is 6.13. The van der Waals surface area contributed by atoms with Gasteiger partial charge >= 0.3 is 5.97 Å². The number of nitrogens with one attached hydrogen (secondary N) is 1. The van der Waals surface area contributed by atoms with Crippen LogP contribution in [-0.4, -0.2) is 33.9 Å². The highest BCUT2D eigenvalue weighted by atomic mass is 32.2. The number of amides is 1. The Morgan fingerprint density at radius 1 is 1.57 bits per heavy atom. The average molecular weight is 326 g/mol. The molecule has 0 aliphatic carbocycles. The Balaban J connectivity index is 1.85. The number of carbonyl (C=O) groups is 2. The summed E-state index contributed by atoms with van der Waals surface area (Å²) in [4.78, 5) is 22.9. The predicted octanol–water partition coefficient (Wildman–Crippen LogP) is 2.23. The summed E-state index contributed by atoms with van der Waals surface area (Å²) in [7, 11) is 0. The summed E-state index contributed by atoms with van der Waals surface area (Å²) < 4.78 is 5.24. The normalized spacial score (nSPS) is 12.0. The van der Waals surface area contributed by atoms with Gasteiger partial charge in [-0.25, -0.2) is 4.79 Å². The topological polar surface area (TPSA) is 92.4 Å². The van der Waals surface area contributed by atoms with Crippen LogP contribution in [0.1, 0.15) is 12.6 Å². The maximum Gasteiger partial charge on any atom is 0.327 e. The minimum atomic E-state index is -1.04. The summed E-state index contributed by atoms with van der Waals surface area (Å²) >= 11 is 2.94. The maximum absolute atomic E-state index is 11.0. The third-order valence-corrected chi connectivity index (χ3v) is 4.49. The number of nitrogens with zero attached hydrogens (tertiary/aromatic N) is 1. The van der Waals surface area contributed by atoms with Crippen molar-refractivity contribution in [3.63, 3.8) is 0 Å². The molecule has 0 saturated carbocycles. The van der Waals surface area contributed by atoms with Crippen LogP contribution in [0.4, 0.5) is 0 Å². The SMILES string of the molecule is CC(=O)NC(CSCc1cc(-c2cccs2)on1)C(=O)O. The van der Waals surface area contributed by atoms with Gasteiger partial charge in [0.25, 0.3) is 0 Å². The van der Waals surface area contributed by atoms with E-state index in [0.717, 1.165) is 10.6 Å². The molecule has 0 radical (unpaired) electrons. The van der Waals surface area contributed by atoms with Crippen molar-refractivity contribution >= 4 is 35.0 Å². The molecule has 0 saturated heterocycles. The quantitative estimate of drug-likeness (QED) is 0.810. The Kier molecular flexibility index (Phi) is 5.40. The molecule has 0 fully saturated rings. The van der Waals surface area contributed by atoms with Crippen LogP contribution in [0.3, 0.4) is 0 Å². The zero-order chi connectivity index (χ0) is 15.2. The van der Waals surface area contributed by atoms with Gasteiger partial charge in [-0.05, 0) is 11.4 Å². The Morgan fingerprint density at radius 3 is 3.00 bits per heavy atom. The van der Waals surface area contributed by atoms with Gasteiger partial charge in [0.15, 0.2) is 5.76 Å². The number of hydrogen-bond acceptors (Lipinski definition) is 6. The van der Waals surface area contributed by atoms with Crippen LogP contribution in [0.5, 0.6) is 0 Å². The van der Waals surface area contributed by atoms with Gasteiger partial charge in [-0.15, -0.1) is 11.3 Å². The van der Waals surface area contributed by atoms with E-state index in [1.807, 2.05) is 23.6 Å². The van der Waals surface area contributed by atoms with Gasteiger partial charge in [0.2, 0.25) is 5.91 Å². The molecule has 2 aromatic heterocycles. The second-order valence-electron chi connectivity index (χ2n) is 4.27. The lowest BCUT2D eigenvalue weighted by Crippen LogP contribution is -2.41. The highest BCUT2D eigenvalue weighted by Crippen LogP contribution is 2.26. The summed E-state index contributed by atoms with van der Waals surface area (Å²) in [6.07, 6.45) is 0. The summed E-state index contributed by atoms with van der Waals surface area (Å²) in [6.45, 7) is 1.30. The lowest BCUT2D eigenvalue weighted by molar-refractivity contribution is -0.140. The highest BCUT2D eigenvalue weighted by molar-refractivity contribution is 7.98. The third-order valence-electron chi connectivity index (χ3n) is 2.53. The summed E-state index contributed by atoms with van der Waals surface area (Å²) in [5, 5.41) is 17.3. The van der Waals surface area contributed by atoms with Crippen molar-refractivity contribution in [1.29, 1.82) is 0 Å². The van der Waals surface area contributed by atoms with E-state index in [1.54, 1.807) is 11.3 Å². The molecule has 0 spiro atoms. The van der Waals surface area contributed by atoms with Crippen LogP contribution in [0.25, 0.3) is 10.6 Å². The van der Waals surface area contributed by atoms with Crippen LogP contribution >= 0.6 is 23.1 Å². The van der Waals surface area contributed by atoms with Crippen LogP contribution in [-0.2, 0) is 15.3 Å². The lowest BCUT2D eigenvalue weighted by Gasteiger charge is -2.11. The second kappa shape index (κ2) is 7.28. The zero-order valence-corrected chi connectivity index (χ0v) is 12.9. The number of carboxylic acid groups (broad SMARTS) is 1. The summed E-state index contributed by atoms with van der Waals surface area (Å²) in [5.74, 6) is 0.104. The lowest BCUT2D eigenvalue weighted by atomic mass is 10.3. The molecular formula is C13H14N2O4S2. The van der Waals surface area contributed by atoms with Gasteiger partial charge in [-0.3, -0.25) is 4.79 Å². The molecule has 1 unspecified atom stereocenters. The molecule has 21 heavy (non-hydrogen) atoms. The van der Waals surface area contributed by atoms with Gasteiger partial charge in [0, 0.05) is 24.5 Å². The van der Waals surface area contributed by atoms with Crippen LogP contribution in [0.15, 0.2) is 28.1 Å². The van der Waals surface area contributed by atoms with E-state index in [4.69, 9.17) is 9.63 Å². The molecule has 8 heteroatoms. The molecule has 1 amide bonds. The van der Waals surface area contributed by atoms with Crippen molar-refractivity contribution in [3.05, 3.63) is 29.3 Å². The molecule has 2 rings (SSSR count). The minimum absolute atomic E-state index is 0.274. The van der Waals surface area contributed by atoms with Crippen molar-refractivity contribution in [2.24, 2.45) is 0 Å². The first kappa shape index (κ1) is 15.6. The number of carboxylic acids is 1. The summed E-state index contributed by atoms with van der Waals surface area (Å²) in [6, 6.07) is 4.82. The molecule has 6 nitrogen and oxygen atoms in total. The molecule has 112 valence electrons. The molecule has 0 aliphatic rings. The predicted molar refractivity (Wildman–Crippen MR) is 81.2 cm³/mol. The van der Waals surface area contributed by atoms with Crippen molar-refractivity contribution in [1.82, 2.24) is 10.5 Å². The van der Waals surface area contributed by atoms with Gasteiger partial charge in [0.05, 0.1) is 10.6 Å². The molecule has 2 aromatic rings. The van der Waals surface area contributed by atoms with Crippen LogP contribution < -0.4 is 5.32 Å². The Morgan fingerprint density at radius 2 is 2.38 bits per heavy atom. The minimum Gasteiger partial charge on any atom is -0.480 e. The fraction of sp³-hybridized carbons (Fsp3) is 0.308. The number of carbonyl (C=O) groups excluding carboxylic acids is 1. The van der Waals surface area contributed by atoms with E-state index >= 15 is 0 Å². The third kappa shape index (κ3) is 4.61. The molecule has 2 N–H and O–H groups in total. The zero-order valence-electron chi connectivity index (χ0n) is 11.2. The van der Waals surface area contributed by atoms with E-state index in [2.05, 4.69) is 10.5 Å². The largest absolute Gasteiger partial charge is 0.480 e. The maximum atomic E-state index is 11.0. The Hall–Kier alpha value is -1.80. The van der Waals surface area contributed by atoms with Crippen LogP contribution in [0, 0.1) is 0 Å². The fourth-order valence-electron chi connectivity index (χ4n) is 1.62. The molecule has 0 bridgehead atoms. The molecule has 0 aromatic carbocycles. The standard InChI is InChI=1S/C13H14N2O4S2/c1-8(16)14-10(13(17)18)7-20-6-9-5-11(19-15-9)12-3-2-4-21-12/h2-5,10H,6-7H2,1H3,(H,14,16)(H,17,18). The molecular weight excluding hydrogens is 312 g/mol. The van der Waals surface area contributed by atoms with Gasteiger partial charge in [-0.2, -0.15) is 11.8 Å². The van der Waals surface area contributed by atoms with Crippen molar-refractivity contribution in [3.8, 4) is 10.6 Å². The van der Waals surface area contributed by atoms with Crippen molar-refractivity contribution in [2.75, 3.05) is 5.75 Å². The van der Waals surface area contributed by atoms with E-state index in [0.29, 0.717) is 11.5 Å². The number of hydrogen-bond donors (Lipinski definition) is 2. The van der Waals surface area contributed by atoms with Crippen LogP contribution in [0.2, 0.25) is 0 Å². The van der Waals surface area contributed by atoms with Crippen molar-refractivity contribution in [2.45, 2.75) is 18.7 Å². The smallest absolute Gasteiger partial charge is 0.327 e. The van der Waals surface area contributed by atoms with E-state index in [1.165, 1.54) is 18.7 Å². The average Bonchev–Trinajstić information content (AvgIpc) is 3.07. The fourth-order valence-corrected chi connectivity index (χ4v) is 3.21. The first-order valence-corrected chi connectivity index (χ1v) is 8.17. The van der Waals surface area contributed by atoms with Gasteiger partial charge in [-0.1, -0.05) is 11.2 Å². The molecule has 0 aliphatic heterocycles. The van der Waals surface area contributed by atoms with E-state index in [-0.39, 0.29) is 11.7 Å². The molecule has 2 heterocycles. The second-order valence-corrected chi connectivity index (χ2v) is 6.24. The van der Waals surface area contributed by atoms with Crippen molar-refractivity contribution < 1.29 is 19.2 Å². The number of rotatable bonds is 7.